The lowest BCUT2D eigenvalue weighted by Crippen LogP contribution is -2.65. The van der Waals surface area contributed by atoms with Crippen LogP contribution in [0.3, 0.4) is 0 Å². The van der Waals surface area contributed by atoms with E-state index in [4.69, 9.17) is 0 Å². The predicted molar refractivity (Wildman–Crippen MR) is 80.7 cm³/mol. The minimum absolute atomic E-state index is 0.0105. The maximum atomic E-state index is 12.8. The Balaban J connectivity index is 1.88. The molecule has 0 radical (unpaired) electrons. The fraction of sp³-hybridized carbons (Fsp3) is 0.667. The minimum Gasteiger partial charge on any atom is -0.342 e. The van der Waals surface area contributed by atoms with Crippen molar-refractivity contribution < 1.29 is 9.59 Å². The Kier molecular flexibility index (Phi) is 3.73. The molecule has 0 spiro atoms. The van der Waals surface area contributed by atoms with Crippen molar-refractivity contribution in [1.82, 2.24) is 15.2 Å². The summed E-state index contributed by atoms with van der Waals surface area (Å²) < 4.78 is 0. The molecule has 1 saturated carbocycles. The van der Waals surface area contributed by atoms with Crippen LogP contribution in [0.1, 0.15) is 37.3 Å². The highest BCUT2D eigenvalue weighted by atomic mass is 32.1. The summed E-state index contributed by atoms with van der Waals surface area (Å²) in [5.41, 5.74) is 2.74. The maximum absolute atomic E-state index is 12.8. The normalized spacial score (nSPS) is 26.4. The average molecular weight is 307 g/mol. The monoisotopic (exact) mass is 307 g/mol. The Morgan fingerprint density at radius 3 is 2.67 bits per heavy atom. The van der Waals surface area contributed by atoms with Gasteiger partial charge >= 0.3 is 0 Å². The van der Waals surface area contributed by atoms with Gasteiger partial charge in [-0.15, -0.1) is 11.3 Å². The number of carbonyl (C=O) groups excluding carboxylic acids is 2. The zero-order valence-electron chi connectivity index (χ0n) is 12.6. The van der Waals surface area contributed by atoms with E-state index in [0.717, 1.165) is 23.4 Å². The number of amides is 2. The number of thiazole rings is 1. The number of aryl methyl sites for hydroxylation is 1. The van der Waals surface area contributed by atoms with Gasteiger partial charge < -0.3 is 10.2 Å². The summed E-state index contributed by atoms with van der Waals surface area (Å²) in [6, 6.07) is -0.699. The van der Waals surface area contributed by atoms with Crippen molar-refractivity contribution in [2.45, 2.75) is 52.2 Å². The van der Waals surface area contributed by atoms with Gasteiger partial charge in [-0.2, -0.15) is 0 Å². The number of nitrogens with one attached hydrogen (secondary N) is 1. The lowest BCUT2D eigenvalue weighted by atomic mass is 9.95. The number of piperazine rings is 1. The third-order valence-electron chi connectivity index (χ3n) is 4.33. The molecule has 21 heavy (non-hydrogen) atoms. The Bertz CT molecular complexity index is 565. The number of aromatic nitrogens is 1. The maximum Gasteiger partial charge on any atom is 0.246 e. The van der Waals surface area contributed by atoms with Crippen LogP contribution in [-0.2, 0) is 16.1 Å². The SMILES string of the molecule is Cc1ncsc1CN1C(=O)C(C2CC2)NC(=O)C1C(C)C. The first-order valence-electron chi connectivity index (χ1n) is 7.49. The third kappa shape index (κ3) is 2.69. The van der Waals surface area contributed by atoms with Crippen molar-refractivity contribution >= 4 is 23.2 Å². The molecule has 3 rings (SSSR count). The van der Waals surface area contributed by atoms with Crippen LogP contribution in [0.2, 0.25) is 0 Å². The molecule has 2 amide bonds. The number of hydrogen-bond donors (Lipinski definition) is 1. The van der Waals surface area contributed by atoms with E-state index in [9.17, 15) is 9.59 Å². The van der Waals surface area contributed by atoms with Crippen molar-refractivity contribution in [1.29, 1.82) is 0 Å². The van der Waals surface area contributed by atoms with E-state index < -0.39 is 0 Å². The highest BCUT2D eigenvalue weighted by molar-refractivity contribution is 7.09. The molecule has 5 nitrogen and oxygen atoms in total. The van der Waals surface area contributed by atoms with Gasteiger partial charge in [-0.3, -0.25) is 9.59 Å². The molecule has 6 heteroatoms. The summed E-state index contributed by atoms with van der Waals surface area (Å²) in [6.45, 7) is 6.42. The second-order valence-corrected chi connectivity index (χ2v) is 7.28. The lowest BCUT2D eigenvalue weighted by Gasteiger charge is -2.40. The van der Waals surface area contributed by atoms with Gasteiger partial charge in [-0.25, -0.2) is 4.98 Å². The quantitative estimate of drug-likeness (QED) is 0.921. The van der Waals surface area contributed by atoms with Crippen LogP contribution in [-0.4, -0.2) is 33.8 Å². The van der Waals surface area contributed by atoms with E-state index in [-0.39, 0.29) is 29.8 Å². The Morgan fingerprint density at radius 2 is 2.14 bits per heavy atom. The van der Waals surface area contributed by atoms with Gasteiger partial charge in [0.1, 0.15) is 12.1 Å². The van der Waals surface area contributed by atoms with Crippen LogP contribution in [0.25, 0.3) is 0 Å². The standard InChI is InChI=1S/C15H21N3O2S/c1-8(2)13-14(19)17-12(10-4-5-10)15(20)18(13)6-11-9(3)16-7-21-11/h7-8,10,12-13H,4-6H2,1-3H3,(H,17,19). The molecule has 1 aromatic heterocycles. The Morgan fingerprint density at radius 1 is 1.43 bits per heavy atom. The second kappa shape index (κ2) is 5.40. The average Bonchev–Trinajstić information content (AvgIpc) is 3.18. The molecule has 0 aromatic carbocycles. The first kappa shape index (κ1) is 14.5. The van der Waals surface area contributed by atoms with Crippen LogP contribution in [0.4, 0.5) is 0 Å². The van der Waals surface area contributed by atoms with Gasteiger partial charge in [-0.1, -0.05) is 13.8 Å². The molecule has 1 aliphatic heterocycles. The van der Waals surface area contributed by atoms with Crippen LogP contribution >= 0.6 is 11.3 Å². The highest BCUT2D eigenvalue weighted by Gasteiger charge is 2.47. The van der Waals surface area contributed by atoms with Gasteiger partial charge in [0.2, 0.25) is 11.8 Å². The molecule has 1 saturated heterocycles. The Labute approximate surface area is 128 Å². The summed E-state index contributed by atoms with van der Waals surface area (Å²) in [5.74, 6) is 0.495. The molecule has 0 bridgehead atoms. The van der Waals surface area contributed by atoms with Gasteiger partial charge in [0.05, 0.1) is 17.7 Å². The van der Waals surface area contributed by atoms with E-state index in [1.165, 1.54) is 0 Å². The molecule has 2 aliphatic rings. The van der Waals surface area contributed by atoms with E-state index in [0.29, 0.717) is 12.5 Å². The summed E-state index contributed by atoms with van der Waals surface area (Å²) in [7, 11) is 0. The van der Waals surface area contributed by atoms with Crippen molar-refractivity contribution in [3.05, 3.63) is 16.1 Å². The molecule has 1 aromatic rings. The fourth-order valence-corrected chi connectivity index (χ4v) is 3.75. The van der Waals surface area contributed by atoms with E-state index in [2.05, 4.69) is 10.3 Å². The number of rotatable bonds is 4. The summed E-state index contributed by atoms with van der Waals surface area (Å²) in [6.07, 6.45) is 2.08. The Hall–Kier alpha value is -1.43. The predicted octanol–water partition coefficient (Wildman–Crippen LogP) is 1.71. The van der Waals surface area contributed by atoms with Crippen molar-refractivity contribution in [3.8, 4) is 0 Å². The first-order chi connectivity index (χ1) is 9.99. The molecule has 2 unspecified atom stereocenters. The second-order valence-electron chi connectivity index (χ2n) is 6.34. The molecule has 1 aliphatic carbocycles. The van der Waals surface area contributed by atoms with Crippen LogP contribution in [0.15, 0.2) is 5.51 Å². The molecule has 114 valence electrons. The first-order valence-corrected chi connectivity index (χ1v) is 8.37. The van der Waals surface area contributed by atoms with Gasteiger partial charge in [0.15, 0.2) is 0 Å². The van der Waals surface area contributed by atoms with Gasteiger partial charge in [0.25, 0.3) is 0 Å². The van der Waals surface area contributed by atoms with E-state index in [1.807, 2.05) is 20.8 Å². The molecule has 2 heterocycles. The third-order valence-corrected chi connectivity index (χ3v) is 5.25. The van der Waals surface area contributed by atoms with Gasteiger partial charge in [0, 0.05) is 4.88 Å². The molecule has 1 N–H and O–H groups in total. The largest absolute Gasteiger partial charge is 0.342 e. The summed E-state index contributed by atoms with van der Waals surface area (Å²) in [5, 5.41) is 2.94. The molecule has 2 atom stereocenters. The summed E-state index contributed by atoms with van der Waals surface area (Å²) >= 11 is 1.55. The molecule has 2 fully saturated rings. The number of carbonyl (C=O) groups is 2. The smallest absolute Gasteiger partial charge is 0.246 e. The number of nitrogens with zero attached hydrogens (tertiary/aromatic N) is 2. The van der Waals surface area contributed by atoms with Crippen LogP contribution < -0.4 is 5.32 Å². The van der Waals surface area contributed by atoms with Crippen molar-refractivity contribution in [3.63, 3.8) is 0 Å². The molecular formula is C15H21N3O2S. The zero-order chi connectivity index (χ0) is 15.1. The molecular weight excluding hydrogens is 286 g/mol. The minimum atomic E-state index is -0.381. The highest BCUT2D eigenvalue weighted by Crippen LogP contribution is 2.36. The van der Waals surface area contributed by atoms with E-state index in [1.54, 1.807) is 21.7 Å². The lowest BCUT2D eigenvalue weighted by molar-refractivity contribution is -0.152. The van der Waals surface area contributed by atoms with Crippen LogP contribution in [0, 0.1) is 18.8 Å². The van der Waals surface area contributed by atoms with Crippen molar-refractivity contribution in [2.24, 2.45) is 11.8 Å². The summed E-state index contributed by atoms with van der Waals surface area (Å²) in [4.78, 5) is 32.3. The fourth-order valence-electron chi connectivity index (χ4n) is 2.98. The van der Waals surface area contributed by atoms with Gasteiger partial charge in [-0.05, 0) is 31.6 Å². The number of hydrogen-bond acceptors (Lipinski definition) is 4. The van der Waals surface area contributed by atoms with Crippen LogP contribution in [0.5, 0.6) is 0 Å². The van der Waals surface area contributed by atoms with E-state index >= 15 is 0 Å². The zero-order valence-corrected chi connectivity index (χ0v) is 13.4. The van der Waals surface area contributed by atoms with Crippen molar-refractivity contribution in [2.75, 3.05) is 0 Å². The topological polar surface area (TPSA) is 62.3 Å².